The van der Waals surface area contributed by atoms with Crippen LogP contribution in [-0.4, -0.2) is 15.1 Å². The van der Waals surface area contributed by atoms with E-state index in [2.05, 4.69) is 9.97 Å². The van der Waals surface area contributed by atoms with Gasteiger partial charge in [0, 0.05) is 5.69 Å². The van der Waals surface area contributed by atoms with E-state index in [0.29, 0.717) is 11.3 Å². The first-order chi connectivity index (χ1) is 5.15. The highest BCUT2D eigenvalue weighted by molar-refractivity contribution is 7.71. The van der Waals surface area contributed by atoms with Crippen LogP contribution in [0.25, 0.3) is 0 Å². The summed E-state index contributed by atoms with van der Waals surface area (Å²) in [6, 6.07) is 0. The molecule has 0 aromatic carbocycles. The van der Waals surface area contributed by atoms with Gasteiger partial charge in [0.25, 0.3) is 5.56 Å². The van der Waals surface area contributed by atoms with E-state index < -0.39 is 0 Å². The Kier molecular flexibility index (Phi) is 2.21. The summed E-state index contributed by atoms with van der Waals surface area (Å²) in [5.74, 6) is 0. The Morgan fingerprint density at radius 2 is 2.18 bits per heavy atom. The van der Waals surface area contributed by atoms with Gasteiger partial charge in [-0.15, -0.1) is 0 Å². The van der Waals surface area contributed by atoms with E-state index in [0.717, 1.165) is 0 Å². The minimum Gasteiger partial charge on any atom is -0.391 e. The van der Waals surface area contributed by atoms with Crippen LogP contribution in [-0.2, 0) is 6.61 Å². The van der Waals surface area contributed by atoms with Crippen molar-refractivity contribution >= 4 is 12.2 Å². The third-order valence-electron chi connectivity index (χ3n) is 1.41. The predicted molar refractivity (Wildman–Crippen MR) is 42.9 cm³/mol. The lowest BCUT2D eigenvalue weighted by Gasteiger charge is -1.98. The summed E-state index contributed by atoms with van der Waals surface area (Å²) < 4.78 is 0.282. The molecular weight excluding hydrogens is 164 g/mol. The molecule has 60 valence electrons. The number of hydrogen-bond donors (Lipinski definition) is 3. The molecule has 0 saturated carbocycles. The Bertz CT molecular complexity index is 366. The van der Waals surface area contributed by atoms with Gasteiger partial charge in [0.15, 0.2) is 4.77 Å². The number of hydrogen-bond acceptors (Lipinski definition) is 3. The molecule has 0 fully saturated rings. The molecule has 0 aliphatic rings. The highest BCUT2D eigenvalue weighted by Crippen LogP contribution is 1.95. The molecule has 0 spiro atoms. The maximum Gasteiger partial charge on any atom is 0.257 e. The van der Waals surface area contributed by atoms with Crippen molar-refractivity contribution in [3.63, 3.8) is 0 Å². The number of aromatic amines is 2. The zero-order valence-electron chi connectivity index (χ0n) is 5.97. The molecule has 0 radical (unpaired) electrons. The first-order valence-corrected chi connectivity index (χ1v) is 3.49. The van der Waals surface area contributed by atoms with Crippen molar-refractivity contribution in [3.05, 3.63) is 26.4 Å². The molecule has 1 aromatic rings. The molecular formula is C6H8N2O2S. The summed E-state index contributed by atoms with van der Waals surface area (Å²) in [5.41, 5.74) is 0.619. The van der Waals surface area contributed by atoms with Gasteiger partial charge < -0.3 is 10.1 Å². The molecule has 0 amide bonds. The van der Waals surface area contributed by atoms with Crippen LogP contribution in [0.5, 0.6) is 0 Å². The number of aromatic nitrogens is 2. The molecule has 1 aromatic heterocycles. The molecule has 0 saturated heterocycles. The Balaban J connectivity index is 3.49. The van der Waals surface area contributed by atoms with Gasteiger partial charge in [-0.3, -0.25) is 9.78 Å². The van der Waals surface area contributed by atoms with Crippen LogP contribution >= 0.6 is 12.2 Å². The summed E-state index contributed by atoms with van der Waals surface area (Å²) >= 11 is 4.70. The van der Waals surface area contributed by atoms with Gasteiger partial charge in [0.05, 0.1) is 12.2 Å². The molecule has 11 heavy (non-hydrogen) atoms. The van der Waals surface area contributed by atoms with Crippen LogP contribution in [0.15, 0.2) is 4.79 Å². The van der Waals surface area contributed by atoms with Crippen LogP contribution in [0.2, 0.25) is 0 Å². The van der Waals surface area contributed by atoms with E-state index >= 15 is 0 Å². The summed E-state index contributed by atoms with van der Waals surface area (Å²) in [5, 5.41) is 8.72. The number of aryl methyl sites for hydroxylation is 1. The lowest BCUT2D eigenvalue weighted by atomic mass is 10.2. The van der Waals surface area contributed by atoms with Crippen molar-refractivity contribution in [1.29, 1.82) is 0 Å². The van der Waals surface area contributed by atoms with E-state index in [4.69, 9.17) is 17.3 Å². The number of aliphatic hydroxyl groups is 1. The molecule has 0 aliphatic heterocycles. The normalized spacial score (nSPS) is 10.0. The molecule has 3 N–H and O–H groups in total. The Labute approximate surface area is 67.9 Å². The third kappa shape index (κ3) is 1.55. The van der Waals surface area contributed by atoms with E-state index in [-0.39, 0.29) is 16.9 Å². The summed E-state index contributed by atoms with van der Waals surface area (Å²) in [6.45, 7) is 1.42. The molecule has 0 aliphatic carbocycles. The largest absolute Gasteiger partial charge is 0.391 e. The number of nitrogens with one attached hydrogen (secondary N) is 2. The van der Waals surface area contributed by atoms with Crippen LogP contribution in [0.1, 0.15) is 11.3 Å². The van der Waals surface area contributed by atoms with Gasteiger partial charge in [-0.1, -0.05) is 0 Å². The zero-order valence-corrected chi connectivity index (χ0v) is 6.79. The average molecular weight is 172 g/mol. The fraction of sp³-hybridized carbons (Fsp3) is 0.333. The molecule has 1 heterocycles. The lowest BCUT2D eigenvalue weighted by Crippen LogP contribution is -2.15. The van der Waals surface area contributed by atoms with Gasteiger partial charge >= 0.3 is 0 Å². The maximum absolute atomic E-state index is 11.0. The number of H-pyrrole nitrogens is 2. The number of rotatable bonds is 1. The minimum absolute atomic E-state index is 0.271. The smallest absolute Gasteiger partial charge is 0.257 e. The van der Waals surface area contributed by atoms with Crippen molar-refractivity contribution in [2.45, 2.75) is 13.5 Å². The topological polar surface area (TPSA) is 68.9 Å². The first-order valence-electron chi connectivity index (χ1n) is 3.08. The average Bonchev–Trinajstić information content (AvgIpc) is 1.85. The predicted octanol–water partition coefficient (Wildman–Crippen LogP) is 0.233. The van der Waals surface area contributed by atoms with E-state index in [1.54, 1.807) is 6.92 Å². The zero-order chi connectivity index (χ0) is 8.43. The van der Waals surface area contributed by atoms with Gasteiger partial charge in [-0.2, -0.15) is 0 Å². The summed E-state index contributed by atoms with van der Waals surface area (Å²) in [6.07, 6.45) is 0. The van der Waals surface area contributed by atoms with Crippen molar-refractivity contribution < 1.29 is 5.11 Å². The standard InChI is InChI=1S/C6H8N2O2S/c1-3-4(2-9)5(10)8-6(11)7-3/h9H,2H2,1H3,(H2,7,8,10,11). The summed E-state index contributed by atoms with van der Waals surface area (Å²) in [7, 11) is 0. The summed E-state index contributed by atoms with van der Waals surface area (Å²) in [4.78, 5) is 16.1. The first kappa shape index (κ1) is 8.16. The van der Waals surface area contributed by atoms with Crippen molar-refractivity contribution in [2.75, 3.05) is 0 Å². The monoisotopic (exact) mass is 172 g/mol. The van der Waals surface area contributed by atoms with E-state index in [9.17, 15) is 4.79 Å². The minimum atomic E-state index is -0.325. The van der Waals surface area contributed by atoms with Crippen molar-refractivity contribution in [3.8, 4) is 0 Å². The molecule has 4 nitrogen and oxygen atoms in total. The van der Waals surface area contributed by atoms with Crippen LogP contribution < -0.4 is 5.56 Å². The fourth-order valence-corrected chi connectivity index (χ4v) is 1.06. The van der Waals surface area contributed by atoms with Crippen LogP contribution in [0, 0.1) is 11.7 Å². The highest BCUT2D eigenvalue weighted by atomic mass is 32.1. The van der Waals surface area contributed by atoms with Crippen molar-refractivity contribution in [2.24, 2.45) is 0 Å². The Morgan fingerprint density at radius 3 is 2.64 bits per heavy atom. The second-order valence-corrected chi connectivity index (χ2v) is 2.58. The number of aliphatic hydroxyl groups excluding tert-OH is 1. The molecule has 0 bridgehead atoms. The fourth-order valence-electron chi connectivity index (χ4n) is 0.816. The molecule has 1 rings (SSSR count). The van der Waals surface area contributed by atoms with Gasteiger partial charge in [-0.05, 0) is 19.1 Å². The van der Waals surface area contributed by atoms with Crippen molar-refractivity contribution in [1.82, 2.24) is 9.97 Å². The van der Waals surface area contributed by atoms with E-state index in [1.807, 2.05) is 0 Å². The quantitative estimate of drug-likeness (QED) is 0.531. The van der Waals surface area contributed by atoms with Crippen LogP contribution in [0.4, 0.5) is 0 Å². The lowest BCUT2D eigenvalue weighted by molar-refractivity contribution is 0.278. The molecule has 0 unspecified atom stereocenters. The second kappa shape index (κ2) is 2.98. The maximum atomic E-state index is 11.0. The third-order valence-corrected chi connectivity index (χ3v) is 1.62. The second-order valence-electron chi connectivity index (χ2n) is 2.17. The highest BCUT2D eigenvalue weighted by Gasteiger charge is 2.00. The van der Waals surface area contributed by atoms with Gasteiger partial charge in [0.2, 0.25) is 0 Å². The molecule has 5 heteroatoms. The van der Waals surface area contributed by atoms with Gasteiger partial charge in [-0.25, -0.2) is 0 Å². The van der Waals surface area contributed by atoms with E-state index in [1.165, 1.54) is 0 Å². The van der Waals surface area contributed by atoms with Crippen LogP contribution in [0.3, 0.4) is 0 Å². The Hall–Kier alpha value is -0.940. The SMILES string of the molecule is Cc1[nH]c(=S)[nH]c(=O)c1CO. The Morgan fingerprint density at radius 1 is 1.55 bits per heavy atom. The van der Waals surface area contributed by atoms with Gasteiger partial charge in [0.1, 0.15) is 0 Å². The molecule has 0 atom stereocenters.